The van der Waals surface area contributed by atoms with Crippen LogP contribution in [0, 0.1) is 20.8 Å². The Labute approximate surface area is 111 Å². The zero-order valence-corrected chi connectivity index (χ0v) is 11.6. The largest absolute Gasteiger partial charge is 0.481 e. The number of nitrogens with zero attached hydrogens (tertiary/aromatic N) is 1. The summed E-state index contributed by atoms with van der Waals surface area (Å²) < 4.78 is 1.55. The van der Waals surface area contributed by atoms with Gasteiger partial charge in [-0.25, -0.2) is 0 Å². The Morgan fingerprint density at radius 2 is 1.89 bits per heavy atom. The lowest BCUT2D eigenvalue weighted by Gasteiger charge is -2.15. The quantitative estimate of drug-likeness (QED) is 0.898. The summed E-state index contributed by atoms with van der Waals surface area (Å²) in [6, 6.07) is 4.03. The highest BCUT2D eigenvalue weighted by molar-refractivity contribution is 5.88. The molecule has 0 aliphatic carbocycles. The van der Waals surface area contributed by atoms with E-state index in [0.717, 1.165) is 27.6 Å². The SMILES string of the molecule is Cc1cc(C)c2c(c1)c(C)c(CC(=O)O)c(=O)n2C. The van der Waals surface area contributed by atoms with Crippen LogP contribution in [-0.2, 0) is 18.3 Å². The van der Waals surface area contributed by atoms with Crippen LogP contribution < -0.4 is 5.56 Å². The van der Waals surface area contributed by atoms with Crippen LogP contribution in [0.3, 0.4) is 0 Å². The van der Waals surface area contributed by atoms with E-state index in [1.165, 1.54) is 0 Å². The minimum absolute atomic E-state index is 0.223. The smallest absolute Gasteiger partial charge is 0.308 e. The predicted molar refractivity (Wildman–Crippen MR) is 74.7 cm³/mol. The third-order valence-corrected chi connectivity index (χ3v) is 3.53. The minimum atomic E-state index is -0.982. The molecule has 0 radical (unpaired) electrons. The first kappa shape index (κ1) is 13.3. The molecule has 0 unspecified atom stereocenters. The van der Waals surface area contributed by atoms with Gasteiger partial charge in [0.15, 0.2) is 0 Å². The normalized spacial score (nSPS) is 10.9. The summed E-state index contributed by atoms with van der Waals surface area (Å²) in [4.78, 5) is 23.2. The van der Waals surface area contributed by atoms with Gasteiger partial charge in [-0.2, -0.15) is 0 Å². The molecule has 0 aliphatic rings. The fraction of sp³-hybridized carbons (Fsp3) is 0.333. The average molecular weight is 259 g/mol. The molecule has 4 heteroatoms. The van der Waals surface area contributed by atoms with Gasteiger partial charge >= 0.3 is 5.97 Å². The van der Waals surface area contributed by atoms with Crippen LogP contribution in [-0.4, -0.2) is 15.6 Å². The van der Waals surface area contributed by atoms with Gasteiger partial charge < -0.3 is 9.67 Å². The summed E-state index contributed by atoms with van der Waals surface area (Å²) in [6.07, 6.45) is -0.235. The second-order valence-corrected chi connectivity index (χ2v) is 5.02. The maximum atomic E-state index is 12.3. The van der Waals surface area contributed by atoms with Gasteiger partial charge in [-0.1, -0.05) is 11.6 Å². The van der Waals surface area contributed by atoms with Crippen molar-refractivity contribution in [3.05, 3.63) is 44.7 Å². The van der Waals surface area contributed by atoms with Crippen molar-refractivity contribution in [2.75, 3.05) is 0 Å². The molecule has 1 aromatic carbocycles. The first-order valence-electron chi connectivity index (χ1n) is 6.14. The first-order chi connectivity index (χ1) is 8.82. The van der Waals surface area contributed by atoms with Gasteiger partial charge in [0.2, 0.25) is 0 Å². The molecule has 0 aliphatic heterocycles. The molecule has 2 aromatic rings. The second kappa shape index (κ2) is 4.53. The molecule has 1 N–H and O–H groups in total. The van der Waals surface area contributed by atoms with Crippen molar-refractivity contribution in [1.82, 2.24) is 4.57 Å². The van der Waals surface area contributed by atoms with Crippen LogP contribution in [0.2, 0.25) is 0 Å². The van der Waals surface area contributed by atoms with Gasteiger partial charge in [0.1, 0.15) is 0 Å². The summed E-state index contributed by atoms with van der Waals surface area (Å²) >= 11 is 0. The number of benzene rings is 1. The van der Waals surface area contributed by atoms with Gasteiger partial charge in [-0.15, -0.1) is 0 Å². The molecule has 1 aromatic heterocycles. The molecule has 0 saturated heterocycles. The number of fused-ring (bicyclic) bond motifs is 1. The molecule has 2 rings (SSSR count). The Kier molecular flexibility index (Phi) is 3.18. The van der Waals surface area contributed by atoms with E-state index >= 15 is 0 Å². The van der Waals surface area contributed by atoms with Gasteiger partial charge in [-0.05, 0) is 38.0 Å². The van der Waals surface area contributed by atoms with Crippen molar-refractivity contribution >= 4 is 16.9 Å². The Balaban J connectivity index is 2.96. The number of aromatic nitrogens is 1. The van der Waals surface area contributed by atoms with E-state index in [-0.39, 0.29) is 12.0 Å². The number of hydrogen-bond acceptors (Lipinski definition) is 2. The van der Waals surface area contributed by atoms with Crippen LogP contribution >= 0.6 is 0 Å². The number of rotatable bonds is 2. The average Bonchev–Trinajstić information content (AvgIpc) is 2.30. The standard InChI is InChI=1S/C15H17NO3/c1-8-5-9(2)14-11(6-8)10(3)12(7-13(17)18)15(19)16(14)4/h5-6H,7H2,1-4H3,(H,17,18). The number of carbonyl (C=O) groups is 1. The molecule has 0 saturated carbocycles. The summed E-state index contributed by atoms with van der Waals surface area (Å²) in [5, 5.41) is 9.89. The Morgan fingerprint density at radius 1 is 1.26 bits per heavy atom. The Hall–Kier alpha value is -2.10. The van der Waals surface area contributed by atoms with Crippen LogP contribution in [0.5, 0.6) is 0 Å². The molecule has 0 amide bonds. The highest BCUT2D eigenvalue weighted by Gasteiger charge is 2.16. The van der Waals surface area contributed by atoms with Crippen molar-refractivity contribution < 1.29 is 9.90 Å². The Morgan fingerprint density at radius 3 is 2.47 bits per heavy atom. The van der Waals surface area contributed by atoms with Crippen LogP contribution in [0.15, 0.2) is 16.9 Å². The molecule has 4 nitrogen and oxygen atoms in total. The van der Waals surface area contributed by atoms with E-state index in [9.17, 15) is 9.59 Å². The van der Waals surface area contributed by atoms with Crippen LogP contribution in [0.1, 0.15) is 22.3 Å². The van der Waals surface area contributed by atoms with Crippen molar-refractivity contribution in [1.29, 1.82) is 0 Å². The third kappa shape index (κ3) is 2.14. The summed E-state index contributed by atoms with van der Waals surface area (Å²) in [5.74, 6) is -0.982. The maximum Gasteiger partial charge on any atom is 0.308 e. The third-order valence-electron chi connectivity index (χ3n) is 3.53. The number of pyridine rings is 1. The Bertz CT molecular complexity index is 741. The van der Waals surface area contributed by atoms with Gasteiger partial charge in [-0.3, -0.25) is 9.59 Å². The molecule has 0 atom stereocenters. The lowest BCUT2D eigenvalue weighted by Crippen LogP contribution is -2.25. The summed E-state index contributed by atoms with van der Waals surface area (Å²) in [5.41, 5.74) is 3.92. The van der Waals surface area contributed by atoms with E-state index in [2.05, 4.69) is 0 Å². The molecule has 0 bridgehead atoms. The molecule has 0 spiro atoms. The number of aryl methyl sites for hydroxylation is 4. The lowest BCUT2D eigenvalue weighted by molar-refractivity contribution is -0.136. The zero-order chi connectivity index (χ0) is 14.3. The fourth-order valence-electron chi connectivity index (χ4n) is 2.68. The number of carboxylic acids is 1. The van der Waals surface area contributed by atoms with E-state index in [1.807, 2.05) is 32.9 Å². The molecule has 19 heavy (non-hydrogen) atoms. The number of aliphatic carboxylic acids is 1. The van der Waals surface area contributed by atoms with E-state index in [0.29, 0.717) is 5.56 Å². The maximum absolute atomic E-state index is 12.3. The topological polar surface area (TPSA) is 59.3 Å². The van der Waals surface area contributed by atoms with E-state index in [1.54, 1.807) is 11.6 Å². The predicted octanol–water partition coefficient (Wildman–Crippen LogP) is 2.09. The van der Waals surface area contributed by atoms with Gasteiger partial charge in [0.05, 0.1) is 11.9 Å². The number of hydrogen-bond donors (Lipinski definition) is 1. The van der Waals surface area contributed by atoms with Crippen LogP contribution in [0.25, 0.3) is 10.9 Å². The molecule has 100 valence electrons. The van der Waals surface area contributed by atoms with Crippen molar-refractivity contribution in [3.8, 4) is 0 Å². The summed E-state index contributed by atoms with van der Waals surface area (Å²) in [7, 11) is 1.69. The summed E-state index contributed by atoms with van der Waals surface area (Å²) in [6.45, 7) is 5.78. The fourth-order valence-corrected chi connectivity index (χ4v) is 2.68. The van der Waals surface area contributed by atoms with Gasteiger partial charge in [0, 0.05) is 18.0 Å². The highest BCUT2D eigenvalue weighted by Crippen LogP contribution is 2.24. The first-order valence-corrected chi connectivity index (χ1v) is 6.14. The molecule has 1 heterocycles. The van der Waals surface area contributed by atoms with Crippen molar-refractivity contribution in [3.63, 3.8) is 0 Å². The minimum Gasteiger partial charge on any atom is -0.481 e. The molecule has 0 fully saturated rings. The number of carboxylic acid groups (broad SMARTS) is 1. The highest BCUT2D eigenvalue weighted by atomic mass is 16.4. The van der Waals surface area contributed by atoms with Crippen molar-refractivity contribution in [2.24, 2.45) is 7.05 Å². The van der Waals surface area contributed by atoms with Crippen molar-refractivity contribution in [2.45, 2.75) is 27.2 Å². The van der Waals surface area contributed by atoms with Crippen LogP contribution in [0.4, 0.5) is 0 Å². The van der Waals surface area contributed by atoms with E-state index in [4.69, 9.17) is 5.11 Å². The molecular formula is C15H17NO3. The van der Waals surface area contributed by atoms with Gasteiger partial charge in [0.25, 0.3) is 5.56 Å². The second-order valence-electron chi connectivity index (χ2n) is 5.02. The molecular weight excluding hydrogens is 242 g/mol. The van der Waals surface area contributed by atoms with E-state index < -0.39 is 5.97 Å². The lowest BCUT2D eigenvalue weighted by atomic mass is 9.98. The monoisotopic (exact) mass is 259 g/mol. The zero-order valence-electron chi connectivity index (χ0n) is 11.6.